The average molecular weight is 334 g/mol. The van der Waals surface area contributed by atoms with Crippen LogP contribution in [0.5, 0.6) is 0 Å². The molecule has 0 saturated heterocycles. The van der Waals surface area contributed by atoms with E-state index in [0.29, 0.717) is 12.0 Å². The minimum absolute atomic E-state index is 0.123. The molecule has 1 heterocycles. The predicted octanol–water partition coefficient (Wildman–Crippen LogP) is 3.80. The number of nitrogens with zero attached hydrogens (tertiary/aromatic N) is 1. The highest BCUT2D eigenvalue weighted by molar-refractivity contribution is 7.17. The lowest BCUT2D eigenvalue weighted by Crippen LogP contribution is -2.42. The van der Waals surface area contributed by atoms with Crippen molar-refractivity contribution in [1.29, 1.82) is 0 Å². The minimum atomic E-state index is -0.371. The van der Waals surface area contributed by atoms with E-state index in [-0.39, 0.29) is 17.9 Å². The SMILES string of the molecule is CCC(=O)N(c1sc2c(c1C(N)=O)CCCC2)C1CCCCC1. The van der Waals surface area contributed by atoms with Crippen molar-refractivity contribution in [2.45, 2.75) is 77.2 Å². The maximum absolute atomic E-state index is 12.7. The largest absolute Gasteiger partial charge is 0.365 e. The summed E-state index contributed by atoms with van der Waals surface area (Å²) in [6, 6.07) is 0.231. The number of carbonyl (C=O) groups excluding carboxylic acids is 2. The molecule has 0 radical (unpaired) electrons. The quantitative estimate of drug-likeness (QED) is 0.910. The molecule has 1 fully saturated rings. The summed E-state index contributed by atoms with van der Waals surface area (Å²) in [5.41, 5.74) is 7.48. The van der Waals surface area contributed by atoms with Gasteiger partial charge in [-0.3, -0.25) is 9.59 Å². The molecule has 126 valence electrons. The third kappa shape index (κ3) is 3.16. The lowest BCUT2D eigenvalue weighted by Gasteiger charge is -2.34. The molecule has 0 bridgehead atoms. The Morgan fingerprint density at radius 3 is 2.48 bits per heavy atom. The third-order valence-corrected chi connectivity index (χ3v) is 6.42. The first kappa shape index (κ1) is 16.5. The number of thiophene rings is 1. The highest BCUT2D eigenvalue weighted by Gasteiger charge is 2.33. The van der Waals surface area contributed by atoms with E-state index in [2.05, 4.69) is 0 Å². The molecule has 2 amide bonds. The minimum Gasteiger partial charge on any atom is -0.365 e. The molecular formula is C18H26N2O2S. The van der Waals surface area contributed by atoms with E-state index >= 15 is 0 Å². The molecule has 1 aromatic heterocycles. The van der Waals surface area contributed by atoms with Gasteiger partial charge in [-0.25, -0.2) is 0 Å². The van der Waals surface area contributed by atoms with Gasteiger partial charge >= 0.3 is 0 Å². The van der Waals surface area contributed by atoms with Crippen LogP contribution in [0.1, 0.15) is 79.1 Å². The van der Waals surface area contributed by atoms with Crippen molar-refractivity contribution >= 4 is 28.2 Å². The molecule has 0 unspecified atom stereocenters. The zero-order valence-corrected chi connectivity index (χ0v) is 14.7. The van der Waals surface area contributed by atoms with E-state index in [4.69, 9.17) is 5.73 Å². The second-order valence-corrected chi connectivity index (χ2v) is 7.75. The second kappa shape index (κ2) is 7.04. The Kier molecular flexibility index (Phi) is 5.05. The predicted molar refractivity (Wildman–Crippen MR) is 94.1 cm³/mol. The Morgan fingerprint density at radius 2 is 1.83 bits per heavy atom. The van der Waals surface area contributed by atoms with Crippen LogP contribution in [0.2, 0.25) is 0 Å². The smallest absolute Gasteiger partial charge is 0.252 e. The van der Waals surface area contributed by atoms with Crippen LogP contribution >= 0.6 is 11.3 Å². The molecule has 0 aromatic carbocycles. The van der Waals surface area contributed by atoms with Crippen molar-refractivity contribution in [3.05, 3.63) is 16.0 Å². The van der Waals surface area contributed by atoms with Crippen LogP contribution < -0.4 is 10.6 Å². The first-order chi connectivity index (χ1) is 11.1. The van der Waals surface area contributed by atoms with E-state index in [9.17, 15) is 9.59 Å². The van der Waals surface area contributed by atoms with Crippen LogP contribution in [0.3, 0.4) is 0 Å². The molecule has 2 aliphatic carbocycles. The van der Waals surface area contributed by atoms with Crippen LogP contribution in [0.15, 0.2) is 0 Å². The van der Waals surface area contributed by atoms with E-state index in [0.717, 1.165) is 61.9 Å². The fraction of sp³-hybridized carbons (Fsp3) is 0.667. The van der Waals surface area contributed by atoms with Gasteiger partial charge in [0.25, 0.3) is 5.91 Å². The summed E-state index contributed by atoms with van der Waals surface area (Å²) in [6.07, 6.45) is 10.3. The van der Waals surface area contributed by atoms with Gasteiger partial charge in [0.1, 0.15) is 5.00 Å². The summed E-state index contributed by atoms with van der Waals surface area (Å²) in [4.78, 5) is 28.0. The number of primary amides is 1. The highest BCUT2D eigenvalue weighted by atomic mass is 32.1. The molecule has 1 aromatic rings. The Labute approximate surface area is 142 Å². The number of carbonyl (C=O) groups is 2. The van der Waals surface area contributed by atoms with Crippen LogP contribution in [0, 0.1) is 0 Å². The molecule has 0 aliphatic heterocycles. The average Bonchev–Trinajstić information content (AvgIpc) is 2.95. The van der Waals surface area contributed by atoms with Gasteiger partial charge < -0.3 is 10.6 Å². The van der Waals surface area contributed by atoms with Crippen molar-refractivity contribution in [1.82, 2.24) is 0 Å². The highest BCUT2D eigenvalue weighted by Crippen LogP contribution is 2.42. The maximum atomic E-state index is 12.7. The Morgan fingerprint density at radius 1 is 1.13 bits per heavy atom. The molecule has 5 heteroatoms. The Hall–Kier alpha value is -1.36. The van der Waals surface area contributed by atoms with Crippen molar-refractivity contribution in [3.63, 3.8) is 0 Å². The number of rotatable bonds is 4. The summed E-state index contributed by atoms with van der Waals surface area (Å²) in [6.45, 7) is 1.90. The first-order valence-corrected chi connectivity index (χ1v) is 9.71. The number of aryl methyl sites for hydroxylation is 1. The summed E-state index contributed by atoms with van der Waals surface area (Å²) in [7, 11) is 0. The van der Waals surface area contributed by atoms with Crippen LogP contribution in [-0.4, -0.2) is 17.9 Å². The fourth-order valence-electron chi connectivity index (χ4n) is 3.97. The number of fused-ring (bicyclic) bond motifs is 1. The van der Waals surface area contributed by atoms with Crippen molar-refractivity contribution in [3.8, 4) is 0 Å². The maximum Gasteiger partial charge on any atom is 0.252 e. The van der Waals surface area contributed by atoms with Gasteiger partial charge in [-0.2, -0.15) is 0 Å². The zero-order valence-electron chi connectivity index (χ0n) is 13.9. The molecule has 2 aliphatic rings. The number of anilines is 1. The number of nitrogens with two attached hydrogens (primary N) is 1. The lowest BCUT2D eigenvalue weighted by atomic mass is 9.92. The number of hydrogen-bond acceptors (Lipinski definition) is 3. The van der Waals surface area contributed by atoms with Crippen molar-refractivity contribution in [2.24, 2.45) is 5.73 Å². The van der Waals surface area contributed by atoms with E-state index in [1.807, 2.05) is 11.8 Å². The van der Waals surface area contributed by atoms with Gasteiger partial charge in [-0.1, -0.05) is 26.2 Å². The molecule has 1 saturated carbocycles. The van der Waals surface area contributed by atoms with E-state index in [1.54, 1.807) is 11.3 Å². The summed E-state index contributed by atoms with van der Waals surface area (Å²) < 4.78 is 0. The number of hydrogen-bond donors (Lipinski definition) is 1. The molecular weight excluding hydrogens is 308 g/mol. The molecule has 23 heavy (non-hydrogen) atoms. The molecule has 3 rings (SSSR count). The van der Waals surface area contributed by atoms with Gasteiger partial charge in [0.15, 0.2) is 0 Å². The van der Waals surface area contributed by atoms with Crippen LogP contribution in [0.25, 0.3) is 0 Å². The topological polar surface area (TPSA) is 63.4 Å². The van der Waals surface area contributed by atoms with Crippen molar-refractivity contribution in [2.75, 3.05) is 4.90 Å². The summed E-state index contributed by atoms with van der Waals surface area (Å²) >= 11 is 1.64. The zero-order chi connectivity index (χ0) is 16.4. The van der Waals surface area contributed by atoms with Gasteiger partial charge in [-0.15, -0.1) is 11.3 Å². The molecule has 0 spiro atoms. The third-order valence-electron chi connectivity index (χ3n) is 5.13. The molecule has 0 atom stereocenters. The van der Waals surface area contributed by atoms with E-state index < -0.39 is 0 Å². The van der Waals surface area contributed by atoms with Gasteiger partial charge in [0.2, 0.25) is 5.91 Å². The van der Waals surface area contributed by atoms with Gasteiger partial charge in [0, 0.05) is 17.3 Å². The van der Waals surface area contributed by atoms with Crippen molar-refractivity contribution < 1.29 is 9.59 Å². The summed E-state index contributed by atoms with van der Waals surface area (Å²) in [5, 5.41) is 0.836. The fourth-order valence-corrected chi connectivity index (χ4v) is 5.45. The normalized spacial score (nSPS) is 18.5. The Balaban J connectivity index is 2.06. The first-order valence-electron chi connectivity index (χ1n) is 8.89. The van der Waals surface area contributed by atoms with Gasteiger partial charge in [0.05, 0.1) is 5.56 Å². The molecule has 4 nitrogen and oxygen atoms in total. The monoisotopic (exact) mass is 334 g/mol. The molecule has 2 N–H and O–H groups in total. The number of amides is 2. The Bertz CT molecular complexity index is 602. The van der Waals surface area contributed by atoms with Crippen LogP contribution in [-0.2, 0) is 17.6 Å². The second-order valence-electron chi connectivity index (χ2n) is 6.66. The lowest BCUT2D eigenvalue weighted by molar-refractivity contribution is -0.118. The van der Waals surface area contributed by atoms with Gasteiger partial charge in [-0.05, 0) is 44.1 Å². The standard InChI is InChI=1S/C18H26N2O2S/c1-2-15(21)20(12-8-4-3-5-9-12)18-16(17(19)22)13-10-6-7-11-14(13)23-18/h12H,2-11H2,1H3,(H2,19,22). The van der Waals surface area contributed by atoms with Crippen LogP contribution in [0.4, 0.5) is 5.00 Å². The van der Waals surface area contributed by atoms with E-state index in [1.165, 1.54) is 11.3 Å². The summed E-state index contributed by atoms with van der Waals surface area (Å²) in [5.74, 6) is -0.248.